The molecule has 0 atom stereocenters. The van der Waals surface area contributed by atoms with Gasteiger partial charge in [-0.3, -0.25) is 9.48 Å². The number of amides is 1. The molecule has 1 amide bonds. The maximum Gasteiger partial charge on any atom is 0.259 e. The fourth-order valence-electron chi connectivity index (χ4n) is 5.18. The third-order valence-electron chi connectivity index (χ3n) is 7.56. The Morgan fingerprint density at radius 1 is 1.12 bits per heavy atom. The predicted octanol–water partition coefficient (Wildman–Crippen LogP) is 4.53. The number of aromatic nitrogens is 8. The molecule has 0 aliphatic heterocycles. The summed E-state index contributed by atoms with van der Waals surface area (Å²) in [6, 6.07) is 7.02. The Hall–Kier alpha value is -4.45. The van der Waals surface area contributed by atoms with Crippen LogP contribution in [0.4, 0.5) is 10.1 Å². The number of carbonyl (C=O) groups is 1. The zero-order valence-corrected chi connectivity index (χ0v) is 23.0. The molecule has 0 bridgehead atoms. The highest BCUT2D eigenvalue weighted by molar-refractivity contribution is 6.09. The second-order valence-corrected chi connectivity index (χ2v) is 11.8. The lowest BCUT2D eigenvalue weighted by Crippen LogP contribution is -2.27. The van der Waals surface area contributed by atoms with E-state index in [1.807, 2.05) is 29.2 Å². The van der Waals surface area contributed by atoms with Gasteiger partial charge >= 0.3 is 0 Å². The monoisotopic (exact) mass is 555 g/mol. The van der Waals surface area contributed by atoms with Crippen molar-refractivity contribution in [2.24, 2.45) is 0 Å². The van der Waals surface area contributed by atoms with Gasteiger partial charge in [-0.2, -0.15) is 15.0 Å². The number of hydrogen-bond donors (Lipinski definition) is 2. The molecular weight excluding hydrogens is 525 g/mol. The molecule has 0 spiro atoms. The van der Waals surface area contributed by atoms with Crippen LogP contribution < -0.4 is 5.32 Å². The van der Waals surface area contributed by atoms with Gasteiger partial charge in [0.1, 0.15) is 5.82 Å². The molecule has 41 heavy (non-hydrogen) atoms. The Kier molecular flexibility index (Phi) is 5.79. The summed E-state index contributed by atoms with van der Waals surface area (Å²) in [5.41, 5.74) is 4.32. The van der Waals surface area contributed by atoms with Gasteiger partial charge in [-0.15, -0.1) is 10.2 Å². The summed E-state index contributed by atoms with van der Waals surface area (Å²) in [6.45, 7) is 5.67. The summed E-state index contributed by atoms with van der Waals surface area (Å²) >= 11 is 0. The lowest BCUT2D eigenvalue weighted by Gasteiger charge is -2.19. The fraction of sp³-hybridized carbons (Fsp3) is 0.379. The standard InChI is InChI=1S/C29H30FN9O2/c1-16-10-23(30)20(27-34-36-39(35-27)19-6-7-19)12-24(16)33-28(40)22-14-31-37-9-8-18(11-25(22)37)21-13-32-38(15-29(2,3)41)26(21)17-4-5-17/h8-14,17,19,41H,4-7,15H2,1-3H3,(H,33,40). The summed E-state index contributed by atoms with van der Waals surface area (Å²) in [5, 5.41) is 34.7. The van der Waals surface area contributed by atoms with Crippen molar-refractivity contribution in [1.82, 2.24) is 39.6 Å². The number of nitrogens with zero attached hydrogens (tertiary/aromatic N) is 8. The van der Waals surface area contributed by atoms with Crippen molar-refractivity contribution in [3.8, 4) is 22.5 Å². The average Bonchev–Trinajstić information content (AvgIpc) is 3.82. The molecule has 2 aliphatic rings. The molecule has 2 aliphatic carbocycles. The van der Waals surface area contributed by atoms with Crippen molar-refractivity contribution in [3.05, 3.63) is 65.5 Å². The van der Waals surface area contributed by atoms with Gasteiger partial charge < -0.3 is 10.4 Å². The Balaban J connectivity index is 1.20. The average molecular weight is 556 g/mol. The van der Waals surface area contributed by atoms with Crippen LogP contribution in [-0.4, -0.2) is 56.2 Å². The van der Waals surface area contributed by atoms with Crippen LogP contribution in [0.1, 0.15) is 73.1 Å². The number of nitrogens with one attached hydrogen (secondary N) is 1. The van der Waals surface area contributed by atoms with E-state index in [1.54, 1.807) is 31.4 Å². The quantitative estimate of drug-likeness (QED) is 0.288. The fourth-order valence-corrected chi connectivity index (χ4v) is 5.18. The van der Waals surface area contributed by atoms with E-state index in [1.165, 1.54) is 17.1 Å². The zero-order chi connectivity index (χ0) is 28.5. The molecule has 7 rings (SSSR count). The van der Waals surface area contributed by atoms with Crippen molar-refractivity contribution in [1.29, 1.82) is 0 Å². The first-order valence-electron chi connectivity index (χ1n) is 13.8. The van der Waals surface area contributed by atoms with E-state index in [0.717, 1.165) is 42.5 Å². The minimum atomic E-state index is -0.893. The van der Waals surface area contributed by atoms with E-state index in [9.17, 15) is 14.3 Å². The van der Waals surface area contributed by atoms with Crippen molar-refractivity contribution in [3.63, 3.8) is 0 Å². The second-order valence-electron chi connectivity index (χ2n) is 11.8. The molecule has 11 nitrogen and oxygen atoms in total. The van der Waals surface area contributed by atoms with Crippen LogP contribution >= 0.6 is 0 Å². The summed E-state index contributed by atoms with van der Waals surface area (Å²) in [6.07, 6.45) is 9.31. The van der Waals surface area contributed by atoms with E-state index in [0.29, 0.717) is 34.8 Å². The molecule has 0 saturated heterocycles. The number of pyridine rings is 1. The Bertz CT molecular complexity index is 1800. The molecule has 0 radical (unpaired) electrons. The molecule has 4 aromatic heterocycles. The molecule has 210 valence electrons. The van der Waals surface area contributed by atoms with Gasteiger partial charge in [0, 0.05) is 29.1 Å². The first-order chi connectivity index (χ1) is 19.6. The highest BCUT2D eigenvalue weighted by Gasteiger charge is 2.32. The highest BCUT2D eigenvalue weighted by atomic mass is 19.1. The van der Waals surface area contributed by atoms with E-state index in [4.69, 9.17) is 0 Å². The topological polar surface area (TPSA) is 128 Å². The number of aliphatic hydroxyl groups is 1. The lowest BCUT2D eigenvalue weighted by molar-refractivity contribution is 0.0568. The molecular formula is C29H30FN9O2. The summed E-state index contributed by atoms with van der Waals surface area (Å²) in [5.74, 6) is -0.266. The molecule has 0 unspecified atom stereocenters. The number of benzene rings is 1. The molecule has 2 N–H and O–H groups in total. The van der Waals surface area contributed by atoms with Gasteiger partial charge in [-0.1, -0.05) is 0 Å². The van der Waals surface area contributed by atoms with Gasteiger partial charge in [0.2, 0.25) is 5.82 Å². The number of tetrazole rings is 1. The number of fused-ring (bicyclic) bond motifs is 1. The molecule has 1 aromatic carbocycles. The van der Waals surface area contributed by atoms with Crippen molar-refractivity contribution >= 4 is 17.1 Å². The Morgan fingerprint density at radius 2 is 1.93 bits per heavy atom. The van der Waals surface area contributed by atoms with Gasteiger partial charge in [0.25, 0.3) is 5.91 Å². The molecule has 2 saturated carbocycles. The van der Waals surface area contributed by atoms with Crippen LogP contribution in [0, 0.1) is 12.7 Å². The summed E-state index contributed by atoms with van der Waals surface area (Å²) < 4.78 is 18.4. The smallest absolute Gasteiger partial charge is 0.259 e. The number of aryl methyl sites for hydroxylation is 1. The summed E-state index contributed by atoms with van der Waals surface area (Å²) in [7, 11) is 0. The first kappa shape index (κ1) is 25.5. The van der Waals surface area contributed by atoms with Gasteiger partial charge in [0.05, 0.1) is 47.2 Å². The largest absolute Gasteiger partial charge is 0.389 e. The van der Waals surface area contributed by atoms with Gasteiger partial charge in [-0.25, -0.2) is 8.91 Å². The number of carbonyl (C=O) groups excluding carboxylic acids is 1. The maximum atomic E-state index is 14.9. The van der Waals surface area contributed by atoms with E-state index in [-0.39, 0.29) is 23.3 Å². The van der Waals surface area contributed by atoms with Crippen LogP contribution in [0.2, 0.25) is 0 Å². The molecule has 12 heteroatoms. The van der Waals surface area contributed by atoms with Gasteiger partial charge in [-0.05, 0) is 87.1 Å². The van der Waals surface area contributed by atoms with Crippen LogP contribution in [0.3, 0.4) is 0 Å². The van der Waals surface area contributed by atoms with Crippen molar-refractivity contribution in [2.75, 3.05) is 5.32 Å². The molecule has 5 aromatic rings. The summed E-state index contributed by atoms with van der Waals surface area (Å²) in [4.78, 5) is 15.0. The SMILES string of the molecule is Cc1cc(F)c(-c2nnn(C3CC3)n2)cc1NC(=O)c1cnn2ccc(-c3cnn(CC(C)(C)O)c3C3CC3)cc12. The normalized spacial score (nSPS) is 15.5. The van der Waals surface area contributed by atoms with Crippen molar-refractivity contribution < 1.29 is 14.3 Å². The Morgan fingerprint density at radius 3 is 2.66 bits per heavy atom. The number of anilines is 1. The molecule has 4 heterocycles. The van der Waals surface area contributed by atoms with E-state index >= 15 is 0 Å². The van der Waals surface area contributed by atoms with Gasteiger partial charge in [0.15, 0.2) is 0 Å². The minimum absolute atomic E-state index is 0.177. The van der Waals surface area contributed by atoms with Crippen LogP contribution in [0.25, 0.3) is 28.0 Å². The molecule has 2 fully saturated rings. The van der Waals surface area contributed by atoms with Crippen LogP contribution in [0.5, 0.6) is 0 Å². The zero-order valence-electron chi connectivity index (χ0n) is 23.0. The third-order valence-corrected chi connectivity index (χ3v) is 7.56. The predicted molar refractivity (Wildman–Crippen MR) is 149 cm³/mol. The van der Waals surface area contributed by atoms with E-state index in [2.05, 4.69) is 30.9 Å². The van der Waals surface area contributed by atoms with Crippen LogP contribution in [0.15, 0.2) is 42.9 Å². The first-order valence-corrected chi connectivity index (χ1v) is 13.8. The van der Waals surface area contributed by atoms with Crippen LogP contribution in [-0.2, 0) is 6.54 Å². The number of halogens is 1. The number of hydrogen-bond acceptors (Lipinski definition) is 7. The Labute approximate surface area is 235 Å². The third kappa shape index (κ3) is 4.88. The van der Waals surface area contributed by atoms with Crippen molar-refractivity contribution in [2.45, 2.75) is 70.6 Å². The maximum absolute atomic E-state index is 14.9. The highest BCUT2D eigenvalue weighted by Crippen LogP contribution is 2.45. The lowest BCUT2D eigenvalue weighted by atomic mass is 10.0. The second kappa shape index (κ2) is 9.30. The minimum Gasteiger partial charge on any atom is -0.389 e. The van der Waals surface area contributed by atoms with E-state index < -0.39 is 11.4 Å². The number of rotatable bonds is 8.